The first-order chi connectivity index (χ1) is 7.74. The minimum atomic E-state index is -0.0359. The number of rotatable bonds is 3. The summed E-state index contributed by atoms with van der Waals surface area (Å²) in [6.45, 7) is 9.54. The molecule has 0 unspecified atom stereocenters. The van der Waals surface area contributed by atoms with Gasteiger partial charge in [0, 0.05) is 32.7 Å². The molecule has 3 nitrogen and oxygen atoms in total. The number of nitrogens with zero attached hydrogens (tertiary/aromatic N) is 2. The Bertz CT molecular complexity index is 202. The molecule has 0 amide bonds. The fourth-order valence-corrected chi connectivity index (χ4v) is 2.92. The van der Waals surface area contributed by atoms with E-state index in [0.29, 0.717) is 0 Å². The predicted octanol–water partition coefficient (Wildman–Crippen LogP) is 1.18. The third-order valence-electron chi connectivity index (χ3n) is 4.03. The summed E-state index contributed by atoms with van der Waals surface area (Å²) in [5.41, 5.74) is 0. The van der Waals surface area contributed by atoms with Crippen molar-refractivity contribution in [2.75, 3.05) is 39.3 Å². The van der Waals surface area contributed by atoms with E-state index in [9.17, 15) is 5.11 Å². The van der Waals surface area contributed by atoms with Crippen LogP contribution in [0.25, 0.3) is 0 Å². The SMILES string of the molecule is C[C@H]1CCCN(CCN2CCC(O)CC2)C1. The first-order valence-electron chi connectivity index (χ1n) is 6.87. The highest BCUT2D eigenvalue weighted by Crippen LogP contribution is 2.15. The minimum absolute atomic E-state index is 0.0359. The van der Waals surface area contributed by atoms with Crippen molar-refractivity contribution in [3.05, 3.63) is 0 Å². The van der Waals surface area contributed by atoms with Crippen molar-refractivity contribution in [2.24, 2.45) is 5.92 Å². The number of likely N-dealkylation sites (tertiary alicyclic amines) is 2. The molecule has 2 heterocycles. The fraction of sp³-hybridized carbons (Fsp3) is 1.00. The lowest BCUT2D eigenvalue weighted by molar-refractivity contribution is 0.0727. The molecule has 0 aromatic rings. The van der Waals surface area contributed by atoms with Crippen LogP contribution < -0.4 is 0 Å². The van der Waals surface area contributed by atoms with Crippen LogP contribution in [0.4, 0.5) is 0 Å². The molecule has 0 bridgehead atoms. The van der Waals surface area contributed by atoms with Crippen LogP contribution in [0.15, 0.2) is 0 Å². The van der Waals surface area contributed by atoms with Crippen molar-refractivity contribution >= 4 is 0 Å². The summed E-state index contributed by atoms with van der Waals surface area (Å²) in [5.74, 6) is 0.886. The maximum Gasteiger partial charge on any atom is 0.0564 e. The van der Waals surface area contributed by atoms with E-state index in [0.717, 1.165) is 31.8 Å². The Labute approximate surface area is 99.4 Å². The van der Waals surface area contributed by atoms with Gasteiger partial charge in [-0.2, -0.15) is 0 Å². The number of piperidine rings is 2. The molecule has 2 fully saturated rings. The van der Waals surface area contributed by atoms with Crippen LogP contribution >= 0.6 is 0 Å². The van der Waals surface area contributed by atoms with Crippen molar-refractivity contribution in [2.45, 2.75) is 38.7 Å². The second kappa shape index (κ2) is 5.99. The lowest BCUT2D eigenvalue weighted by Crippen LogP contribution is -2.43. The van der Waals surface area contributed by atoms with Crippen molar-refractivity contribution in [3.63, 3.8) is 0 Å². The summed E-state index contributed by atoms with van der Waals surface area (Å²) in [7, 11) is 0. The minimum Gasteiger partial charge on any atom is -0.393 e. The molecule has 0 spiro atoms. The maximum atomic E-state index is 9.44. The molecule has 0 aromatic carbocycles. The average molecular weight is 226 g/mol. The zero-order valence-corrected chi connectivity index (χ0v) is 10.6. The van der Waals surface area contributed by atoms with E-state index in [2.05, 4.69) is 16.7 Å². The van der Waals surface area contributed by atoms with Gasteiger partial charge in [-0.1, -0.05) is 6.92 Å². The second-order valence-corrected chi connectivity index (χ2v) is 5.62. The van der Waals surface area contributed by atoms with E-state index in [-0.39, 0.29) is 6.10 Å². The average Bonchev–Trinajstić information content (AvgIpc) is 2.28. The first kappa shape index (κ1) is 12.3. The lowest BCUT2D eigenvalue weighted by atomic mass is 10.0. The third kappa shape index (κ3) is 3.72. The van der Waals surface area contributed by atoms with E-state index in [1.165, 1.54) is 39.0 Å². The molecule has 0 aliphatic carbocycles. The molecule has 1 N–H and O–H groups in total. The van der Waals surface area contributed by atoms with Gasteiger partial charge in [0.25, 0.3) is 0 Å². The van der Waals surface area contributed by atoms with Gasteiger partial charge < -0.3 is 14.9 Å². The van der Waals surface area contributed by atoms with Gasteiger partial charge in [0.15, 0.2) is 0 Å². The molecule has 2 rings (SSSR count). The molecule has 1 atom stereocenters. The lowest BCUT2D eigenvalue weighted by Gasteiger charge is -2.34. The largest absolute Gasteiger partial charge is 0.393 e. The Morgan fingerprint density at radius 2 is 1.69 bits per heavy atom. The third-order valence-corrected chi connectivity index (χ3v) is 4.03. The number of aliphatic hydroxyl groups is 1. The summed E-state index contributed by atoms with van der Waals surface area (Å²) in [4.78, 5) is 5.12. The Morgan fingerprint density at radius 3 is 2.38 bits per heavy atom. The Balaban J connectivity index is 1.63. The van der Waals surface area contributed by atoms with Crippen molar-refractivity contribution in [1.82, 2.24) is 9.80 Å². The van der Waals surface area contributed by atoms with Gasteiger partial charge in [0.05, 0.1) is 6.10 Å². The topological polar surface area (TPSA) is 26.7 Å². The van der Waals surface area contributed by atoms with Crippen LogP contribution in [0.1, 0.15) is 32.6 Å². The molecule has 0 radical (unpaired) electrons. The predicted molar refractivity (Wildman–Crippen MR) is 66.5 cm³/mol. The zero-order chi connectivity index (χ0) is 11.4. The van der Waals surface area contributed by atoms with Gasteiger partial charge in [0.1, 0.15) is 0 Å². The molecule has 2 aliphatic rings. The Hall–Kier alpha value is -0.120. The van der Waals surface area contributed by atoms with Gasteiger partial charge in [-0.3, -0.25) is 0 Å². The van der Waals surface area contributed by atoms with Gasteiger partial charge in [-0.15, -0.1) is 0 Å². The van der Waals surface area contributed by atoms with Crippen molar-refractivity contribution < 1.29 is 5.11 Å². The van der Waals surface area contributed by atoms with E-state index < -0.39 is 0 Å². The summed E-state index contributed by atoms with van der Waals surface area (Å²) in [6.07, 6.45) is 4.69. The highest BCUT2D eigenvalue weighted by molar-refractivity contribution is 4.74. The fourth-order valence-electron chi connectivity index (χ4n) is 2.92. The number of hydrogen-bond acceptors (Lipinski definition) is 3. The highest BCUT2D eigenvalue weighted by atomic mass is 16.3. The van der Waals surface area contributed by atoms with Crippen LogP contribution in [-0.4, -0.2) is 60.3 Å². The normalized spacial score (nSPS) is 30.8. The number of aliphatic hydroxyl groups excluding tert-OH is 1. The second-order valence-electron chi connectivity index (χ2n) is 5.62. The monoisotopic (exact) mass is 226 g/mol. The smallest absolute Gasteiger partial charge is 0.0564 e. The van der Waals surface area contributed by atoms with Gasteiger partial charge in [-0.05, 0) is 38.1 Å². The molecule has 2 aliphatic heterocycles. The van der Waals surface area contributed by atoms with Crippen LogP contribution in [0.5, 0.6) is 0 Å². The van der Waals surface area contributed by atoms with Crippen LogP contribution in [0, 0.1) is 5.92 Å². The molecule has 94 valence electrons. The molecule has 0 aromatic heterocycles. The van der Waals surface area contributed by atoms with Gasteiger partial charge in [0.2, 0.25) is 0 Å². The zero-order valence-electron chi connectivity index (χ0n) is 10.6. The van der Waals surface area contributed by atoms with Crippen LogP contribution in [0.2, 0.25) is 0 Å². The quantitative estimate of drug-likeness (QED) is 0.783. The van der Waals surface area contributed by atoms with Gasteiger partial charge in [-0.25, -0.2) is 0 Å². The molecular formula is C13H26N2O. The van der Waals surface area contributed by atoms with Crippen LogP contribution in [0.3, 0.4) is 0 Å². The molecule has 0 saturated carbocycles. The number of hydrogen-bond donors (Lipinski definition) is 1. The first-order valence-corrected chi connectivity index (χ1v) is 6.87. The summed E-state index contributed by atoms with van der Waals surface area (Å²) >= 11 is 0. The van der Waals surface area contributed by atoms with E-state index in [1.54, 1.807) is 0 Å². The van der Waals surface area contributed by atoms with Crippen LogP contribution in [-0.2, 0) is 0 Å². The Kier molecular flexibility index (Phi) is 4.62. The van der Waals surface area contributed by atoms with E-state index in [1.807, 2.05) is 0 Å². The molecule has 3 heteroatoms. The summed E-state index contributed by atoms with van der Waals surface area (Å²) < 4.78 is 0. The summed E-state index contributed by atoms with van der Waals surface area (Å²) in [6, 6.07) is 0. The molecule has 16 heavy (non-hydrogen) atoms. The maximum absolute atomic E-state index is 9.44. The van der Waals surface area contributed by atoms with Crippen molar-refractivity contribution in [3.8, 4) is 0 Å². The highest BCUT2D eigenvalue weighted by Gasteiger charge is 2.19. The Morgan fingerprint density at radius 1 is 1.00 bits per heavy atom. The standard InChI is InChI=1S/C13H26N2O/c1-12-3-2-6-15(11-12)10-9-14-7-4-13(16)5-8-14/h12-13,16H,2-11H2,1H3/t12-/m0/s1. The molecule has 2 saturated heterocycles. The molecular weight excluding hydrogens is 200 g/mol. The van der Waals surface area contributed by atoms with E-state index >= 15 is 0 Å². The van der Waals surface area contributed by atoms with E-state index in [4.69, 9.17) is 0 Å². The summed E-state index contributed by atoms with van der Waals surface area (Å²) in [5, 5.41) is 9.44. The van der Waals surface area contributed by atoms with Crippen molar-refractivity contribution in [1.29, 1.82) is 0 Å². The van der Waals surface area contributed by atoms with Gasteiger partial charge >= 0.3 is 0 Å².